The number of hydrogen-bond donors (Lipinski definition) is 1. The van der Waals surface area contributed by atoms with Crippen molar-refractivity contribution >= 4 is 34.4 Å². The van der Waals surface area contributed by atoms with Crippen molar-refractivity contribution in [1.29, 1.82) is 0 Å². The molecule has 1 rings (SSSR count). The number of carbonyl (C=O) groups is 2. The van der Waals surface area contributed by atoms with Crippen molar-refractivity contribution < 1.29 is 19.1 Å². The van der Waals surface area contributed by atoms with Crippen LogP contribution < -0.4 is 0 Å². The van der Waals surface area contributed by atoms with Crippen LogP contribution in [0.4, 0.5) is 4.39 Å². The summed E-state index contributed by atoms with van der Waals surface area (Å²) in [5.74, 6) is -1.83. The number of rotatable bonds is 6. The fourth-order valence-electron chi connectivity index (χ4n) is 1.51. The molecule has 1 aromatic carbocycles. The quantitative estimate of drug-likeness (QED) is 0.777. The van der Waals surface area contributed by atoms with Gasteiger partial charge in [0.05, 0.1) is 10.6 Å². The second kappa shape index (κ2) is 7.64. The van der Waals surface area contributed by atoms with Crippen LogP contribution in [0, 0.1) is 11.7 Å². The molecule has 110 valence electrons. The summed E-state index contributed by atoms with van der Waals surface area (Å²) in [6.45, 7) is 4.11. The van der Waals surface area contributed by atoms with Gasteiger partial charge in [0.15, 0.2) is 5.12 Å². The van der Waals surface area contributed by atoms with E-state index < -0.39 is 17.3 Å². The van der Waals surface area contributed by atoms with Gasteiger partial charge in [0, 0.05) is 11.3 Å². The van der Waals surface area contributed by atoms with Crippen molar-refractivity contribution in [2.45, 2.75) is 38.0 Å². The molecule has 0 heterocycles. The zero-order chi connectivity index (χ0) is 15.3. The summed E-state index contributed by atoms with van der Waals surface area (Å²) < 4.78 is 13.4. The number of carboxylic acids is 1. The molecule has 6 heteroatoms. The van der Waals surface area contributed by atoms with Gasteiger partial charge in [-0.25, -0.2) is 9.18 Å². The third-order valence-corrected chi connectivity index (χ3v) is 4.43. The van der Waals surface area contributed by atoms with E-state index >= 15 is 0 Å². The van der Waals surface area contributed by atoms with Crippen LogP contribution in [-0.2, 0) is 4.79 Å². The van der Waals surface area contributed by atoms with E-state index in [1.54, 1.807) is 0 Å². The first-order valence-corrected chi connectivity index (χ1v) is 7.47. The summed E-state index contributed by atoms with van der Waals surface area (Å²) >= 11 is 6.70. The van der Waals surface area contributed by atoms with Gasteiger partial charge in [-0.05, 0) is 24.5 Å². The van der Waals surface area contributed by atoms with E-state index in [2.05, 4.69) is 13.8 Å². The molecule has 20 heavy (non-hydrogen) atoms. The lowest BCUT2D eigenvalue weighted by Crippen LogP contribution is -2.02. The highest BCUT2D eigenvalue weighted by atomic mass is 35.5. The van der Waals surface area contributed by atoms with E-state index in [4.69, 9.17) is 16.7 Å². The zero-order valence-electron chi connectivity index (χ0n) is 11.3. The summed E-state index contributed by atoms with van der Waals surface area (Å²) in [5.41, 5.74) is -0.480. The van der Waals surface area contributed by atoms with Crippen LogP contribution in [0.15, 0.2) is 17.0 Å². The number of hydrogen-bond acceptors (Lipinski definition) is 3. The second-order valence-electron chi connectivity index (χ2n) is 4.59. The van der Waals surface area contributed by atoms with E-state index in [1.165, 1.54) is 0 Å². The molecule has 0 aromatic heterocycles. The molecule has 0 radical (unpaired) electrons. The average molecular weight is 319 g/mol. The lowest BCUT2D eigenvalue weighted by atomic mass is 10.0. The highest BCUT2D eigenvalue weighted by molar-refractivity contribution is 8.13. The molecule has 0 saturated carbocycles. The van der Waals surface area contributed by atoms with Crippen LogP contribution in [0.5, 0.6) is 0 Å². The predicted molar refractivity (Wildman–Crippen MR) is 77.9 cm³/mol. The van der Waals surface area contributed by atoms with Crippen LogP contribution in [0.2, 0.25) is 5.02 Å². The Morgan fingerprint density at radius 2 is 2.10 bits per heavy atom. The second-order valence-corrected chi connectivity index (χ2v) is 6.10. The molecular weight excluding hydrogens is 303 g/mol. The van der Waals surface area contributed by atoms with Gasteiger partial charge >= 0.3 is 5.97 Å². The summed E-state index contributed by atoms with van der Waals surface area (Å²) in [6, 6.07) is 2.03. The van der Waals surface area contributed by atoms with Gasteiger partial charge in [-0.3, -0.25) is 4.79 Å². The van der Waals surface area contributed by atoms with Crippen LogP contribution >= 0.6 is 23.4 Å². The Labute approximate surface area is 126 Å². The van der Waals surface area contributed by atoms with Gasteiger partial charge in [0.25, 0.3) is 0 Å². The number of aromatic carboxylic acids is 1. The zero-order valence-corrected chi connectivity index (χ0v) is 12.9. The number of thioether (sulfide) groups is 1. The first kappa shape index (κ1) is 17.0. The summed E-state index contributed by atoms with van der Waals surface area (Å²) in [6.07, 6.45) is 2.15. The Balaban J connectivity index is 2.79. The molecule has 0 aliphatic carbocycles. The van der Waals surface area contributed by atoms with Crippen molar-refractivity contribution in [2.75, 3.05) is 0 Å². The maximum Gasteiger partial charge on any atom is 0.338 e. The Morgan fingerprint density at radius 3 is 2.65 bits per heavy atom. The summed E-state index contributed by atoms with van der Waals surface area (Å²) in [4.78, 5) is 22.9. The average Bonchev–Trinajstić information content (AvgIpc) is 2.38. The molecular formula is C14H16ClFO3S. The summed E-state index contributed by atoms with van der Waals surface area (Å²) in [5, 5.41) is 8.79. The molecule has 0 amide bonds. The van der Waals surface area contributed by atoms with Crippen LogP contribution in [0.1, 0.15) is 43.5 Å². The molecule has 3 nitrogen and oxygen atoms in total. The largest absolute Gasteiger partial charge is 0.478 e. The number of carboxylic acid groups (broad SMARTS) is 1. The van der Waals surface area contributed by atoms with Crippen molar-refractivity contribution in [3.63, 3.8) is 0 Å². The lowest BCUT2D eigenvalue weighted by Gasteiger charge is -2.08. The SMILES string of the molecule is CCC(C)CCC(=O)Sc1cc(C(=O)O)c(F)cc1Cl. The fraction of sp³-hybridized carbons (Fsp3) is 0.429. The lowest BCUT2D eigenvalue weighted by molar-refractivity contribution is -0.111. The van der Waals surface area contributed by atoms with E-state index in [0.717, 1.165) is 36.7 Å². The summed E-state index contributed by atoms with van der Waals surface area (Å²) in [7, 11) is 0. The minimum Gasteiger partial charge on any atom is -0.478 e. The van der Waals surface area contributed by atoms with Crippen molar-refractivity contribution in [3.05, 3.63) is 28.5 Å². The maximum absolute atomic E-state index is 13.4. The molecule has 0 spiro atoms. The van der Waals surface area contributed by atoms with Crippen LogP contribution in [-0.4, -0.2) is 16.2 Å². The monoisotopic (exact) mass is 318 g/mol. The van der Waals surface area contributed by atoms with Crippen LogP contribution in [0.3, 0.4) is 0 Å². The molecule has 1 N–H and O–H groups in total. The number of halogens is 2. The third-order valence-electron chi connectivity index (χ3n) is 3.01. The molecule has 1 atom stereocenters. The van der Waals surface area contributed by atoms with E-state index in [1.807, 2.05) is 0 Å². The molecule has 1 unspecified atom stereocenters. The molecule has 0 bridgehead atoms. The maximum atomic E-state index is 13.4. The van der Waals surface area contributed by atoms with Gasteiger partial charge in [-0.15, -0.1) is 0 Å². The highest BCUT2D eigenvalue weighted by Crippen LogP contribution is 2.31. The van der Waals surface area contributed by atoms with Gasteiger partial charge < -0.3 is 5.11 Å². The van der Waals surface area contributed by atoms with Crippen molar-refractivity contribution in [2.24, 2.45) is 5.92 Å². The highest BCUT2D eigenvalue weighted by Gasteiger charge is 2.17. The smallest absolute Gasteiger partial charge is 0.338 e. The van der Waals surface area contributed by atoms with Crippen LogP contribution in [0.25, 0.3) is 0 Å². The Kier molecular flexibility index (Phi) is 6.49. The Hall–Kier alpha value is -1.07. The molecule has 0 aliphatic heterocycles. The van der Waals surface area contributed by atoms with E-state index in [9.17, 15) is 14.0 Å². The minimum absolute atomic E-state index is 0.0504. The first-order valence-electron chi connectivity index (χ1n) is 6.28. The Bertz CT molecular complexity index is 519. The number of carbonyl (C=O) groups excluding carboxylic acids is 1. The molecule has 0 saturated heterocycles. The van der Waals surface area contributed by atoms with Gasteiger partial charge in [-0.1, -0.05) is 43.6 Å². The van der Waals surface area contributed by atoms with Gasteiger partial charge in [0.2, 0.25) is 0 Å². The Morgan fingerprint density at radius 1 is 1.45 bits per heavy atom. The van der Waals surface area contributed by atoms with Gasteiger partial charge in [-0.2, -0.15) is 0 Å². The first-order chi connectivity index (χ1) is 9.35. The van der Waals surface area contributed by atoms with Gasteiger partial charge in [0.1, 0.15) is 5.82 Å². The molecule has 0 fully saturated rings. The predicted octanol–water partition coefficient (Wildman–Crippen LogP) is 4.62. The molecule has 1 aromatic rings. The van der Waals surface area contributed by atoms with E-state index in [-0.39, 0.29) is 15.0 Å². The number of benzene rings is 1. The fourth-order valence-corrected chi connectivity index (χ4v) is 2.58. The normalized spacial score (nSPS) is 12.2. The topological polar surface area (TPSA) is 54.4 Å². The van der Waals surface area contributed by atoms with E-state index in [0.29, 0.717) is 12.3 Å². The molecule has 0 aliphatic rings. The van der Waals surface area contributed by atoms with Crippen molar-refractivity contribution in [1.82, 2.24) is 0 Å². The van der Waals surface area contributed by atoms with Crippen molar-refractivity contribution in [3.8, 4) is 0 Å². The third kappa shape index (κ3) is 4.80. The minimum atomic E-state index is -1.38. The standard InChI is InChI=1S/C14H16ClFO3S/c1-3-8(2)4-5-13(17)20-12-6-9(14(18)19)11(16)7-10(12)15/h6-8H,3-5H2,1-2H3,(H,18,19).